The highest BCUT2D eigenvalue weighted by Crippen LogP contribution is 2.23. The van der Waals surface area contributed by atoms with Crippen molar-refractivity contribution in [2.45, 2.75) is 25.0 Å². The maximum Gasteiger partial charge on any atom is 0.319 e. The van der Waals surface area contributed by atoms with E-state index in [4.69, 9.17) is 4.74 Å². The first-order chi connectivity index (χ1) is 5.74. The molecule has 1 atom stereocenters. The molecule has 1 unspecified atom stereocenters. The molecule has 0 radical (unpaired) electrons. The van der Waals surface area contributed by atoms with Gasteiger partial charge in [0.2, 0.25) is 0 Å². The molecular weight excluding hydrogens is 176 g/mol. The molecular formula is C8H12O3S. The SMILES string of the molecule is CCOC(=O)C1CC(=O)CCS1. The molecule has 3 nitrogen and oxygen atoms in total. The molecule has 68 valence electrons. The fourth-order valence-corrected chi connectivity index (χ4v) is 2.21. The van der Waals surface area contributed by atoms with Gasteiger partial charge in [0, 0.05) is 18.6 Å². The van der Waals surface area contributed by atoms with E-state index in [1.165, 1.54) is 11.8 Å². The van der Waals surface area contributed by atoms with E-state index in [0.29, 0.717) is 19.4 Å². The number of ether oxygens (including phenoxy) is 1. The highest BCUT2D eigenvalue weighted by atomic mass is 32.2. The zero-order valence-electron chi connectivity index (χ0n) is 7.04. The molecule has 0 amide bonds. The molecule has 0 aromatic heterocycles. The van der Waals surface area contributed by atoms with Crippen LogP contribution >= 0.6 is 11.8 Å². The molecule has 0 N–H and O–H groups in total. The van der Waals surface area contributed by atoms with Gasteiger partial charge >= 0.3 is 5.97 Å². The highest BCUT2D eigenvalue weighted by molar-refractivity contribution is 8.00. The summed E-state index contributed by atoms with van der Waals surface area (Å²) >= 11 is 1.52. The molecule has 1 aliphatic heterocycles. The van der Waals surface area contributed by atoms with Gasteiger partial charge in [0.15, 0.2) is 0 Å². The summed E-state index contributed by atoms with van der Waals surface area (Å²) in [5.41, 5.74) is 0. The molecule has 0 saturated carbocycles. The average Bonchev–Trinajstić information content (AvgIpc) is 2.05. The minimum absolute atomic E-state index is 0.173. The summed E-state index contributed by atoms with van der Waals surface area (Å²) < 4.78 is 4.82. The van der Waals surface area contributed by atoms with Crippen LogP contribution in [0.3, 0.4) is 0 Å². The van der Waals surface area contributed by atoms with Crippen molar-refractivity contribution in [3.63, 3.8) is 0 Å². The van der Waals surface area contributed by atoms with Crippen molar-refractivity contribution in [2.24, 2.45) is 0 Å². The van der Waals surface area contributed by atoms with Gasteiger partial charge in [0.25, 0.3) is 0 Å². The molecule has 1 heterocycles. The molecule has 1 rings (SSSR count). The van der Waals surface area contributed by atoms with Crippen molar-refractivity contribution in [3.05, 3.63) is 0 Å². The van der Waals surface area contributed by atoms with Crippen molar-refractivity contribution in [2.75, 3.05) is 12.4 Å². The predicted molar refractivity (Wildman–Crippen MR) is 47.1 cm³/mol. The number of hydrogen-bond acceptors (Lipinski definition) is 4. The predicted octanol–water partition coefficient (Wildman–Crippen LogP) is 1.01. The van der Waals surface area contributed by atoms with Crippen molar-refractivity contribution >= 4 is 23.5 Å². The lowest BCUT2D eigenvalue weighted by molar-refractivity contribution is -0.143. The third-order valence-corrected chi connectivity index (χ3v) is 2.86. The zero-order chi connectivity index (χ0) is 8.97. The molecule has 1 fully saturated rings. The Morgan fingerprint density at radius 2 is 2.50 bits per heavy atom. The van der Waals surface area contributed by atoms with Crippen LogP contribution in [0.1, 0.15) is 19.8 Å². The molecule has 0 aromatic carbocycles. The Kier molecular flexibility index (Phi) is 3.59. The first kappa shape index (κ1) is 9.58. The van der Waals surface area contributed by atoms with Gasteiger partial charge in [-0.15, -0.1) is 11.8 Å². The third-order valence-electron chi connectivity index (χ3n) is 1.66. The lowest BCUT2D eigenvalue weighted by atomic mass is 10.1. The summed E-state index contributed by atoms with van der Waals surface area (Å²) in [7, 11) is 0. The first-order valence-electron chi connectivity index (χ1n) is 4.04. The van der Waals surface area contributed by atoms with Crippen molar-refractivity contribution in [3.8, 4) is 0 Å². The van der Waals surface area contributed by atoms with Crippen LogP contribution in [0.4, 0.5) is 0 Å². The number of ketones is 1. The van der Waals surface area contributed by atoms with Gasteiger partial charge < -0.3 is 4.74 Å². The van der Waals surface area contributed by atoms with Crippen LogP contribution in [-0.4, -0.2) is 29.4 Å². The third kappa shape index (κ3) is 2.52. The maximum atomic E-state index is 11.1. The van der Waals surface area contributed by atoms with Crippen LogP contribution in [-0.2, 0) is 14.3 Å². The quantitative estimate of drug-likeness (QED) is 0.607. The summed E-state index contributed by atoms with van der Waals surface area (Å²) in [4.78, 5) is 22.1. The lowest BCUT2D eigenvalue weighted by Gasteiger charge is -2.18. The first-order valence-corrected chi connectivity index (χ1v) is 5.09. The molecule has 0 aliphatic carbocycles. The Balaban J connectivity index is 2.40. The van der Waals surface area contributed by atoms with Crippen LogP contribution in [0.2, 0.25) is 0 Å². The van der Waals surface area contributed by atoms with E-state index in [1.54, 1.807) is 6.92 Å². The molecule has 1 aliphatic rings. The van der Waals surface area contributed by atoms with Gasteiger partial charge in [-0.1, -0.05) is 0 Å². The van der Waals surface area contributed by atoms with E-state index < -0.39 is 0 Å². The topological polar surface area (TPSA) is 43.4 Å². The second kappa shape index (κ2) is 4.50. The second-order valence-corrected chi connectivity index (χ2v) is 3.91. The Morgan fingerprint density at radius 1 is 1.75 bits per heavy atom. The number of esters is 1. The van der Waals surface area contributed by atoms with Crippen LogP contribution in [0.5, 0.6) is 0 Å². The summed E-state index contributed by atoms with van der Waals surface area (Å²) in [6.07, 6.45) is 0.948. The van der Waals surface area contributed by atoms with Gasteiger partial charge in [0.05, 0.1) is 6.61 Å². The molecule has 4 heteroatoms. The minimum atomic E-state index is -0.244. The molecule has 1 saturated heterocycles. The number of carbonyl (C=O) groups is 2. The summed E-state index contributed by atoms with van der Waals surface area (Å²) in [5.74, 6) is 0.685. The summed E-state index contributed by atoms with van der Waals surface area (Å²) in [5, 5.41) is -0.244. The van der Waals surface area contributed by atoms with Gasteiger partial charge in [-0.25, -0.2) is 0 Å². The van der Waals surface area contributed by atoms with Crippen LogP contribution < -0.4 is 0 Å². The smallest absolute Gasteiger partial charge is 0.319 e. The van der Waals surface area contributed by atoms with E-state index in [0.717, 1.165) is 5.75 Å². The standard InChI is InChI=1S/C8H12O3S/c1-2-11-8(10)7-5-6(9)3-4-12-7/h7H,2-5H2,1H3. The van der Waals surface area contributed by atoms with E-state index in [9.17, 15) is 9.59 Å². The van der Waals surface area contributed by atoms with Crippen LogP contribution in [0, 0.1) is 0 Å². The molecule has 0 aromatic rings. The monoisotopic (exact) mass is 188 g/mol. The fraction of sp³-hybridized carbons (Fsp3) is 0.750. The Hall–Kier alpha value is -0.510. The van der Waals surface area contributed by atoms with Gasteiger partial charge in [0.1, 0.15) is 11.0 Å². The van der Waals surface area contributed by atoms with Crippen molar-refractivity contribution in [1.29, 1.82) is 0 Å². The molecule has 0 bridgehead atoms. The summed E-state index contributed by atoms with van der Waals surface area (Å²) in [6, 6.07) is 0. The Morgan fingerprint density at radius 3 is 3.08 bits per heavy atom. The van der Waals surface area contributed by atoms with E-state index in [-0.39, 0.29) is 17.0 Å². The maximum absolute atomic E-state index is 11.1. The number of thioether (sulfide) groups is 1. The molecule has 12 heavy (non-hydrogen) atoms. The van der Waals surface area contributed by atoms with E-state index >= 15 is 0 Å². The van der Waals surface area contributed by atoms with E-state index in [1.807, 2.05) is 0 Å². The number of hydrogen-bond donors (Lipinski definition) is 0. The van der Waals surface area contributed by atoms with Crippen LogP contribution in [0.25, 0.3) is 0 Å². The van der Waals surface area contributed by atoms with Crippen molar-refractivity contribution in [1.82, 2.24) is 0 Å². The summed E-state index contributed by atoms with van der Waals surface area (Å²) in [6.45, 7) is 2.16. The largest absolute Gasteiger partial charge is 0.465 e. The molecule has 0 spiro atoms. The lowest BCUT2D eigenvalue weighted by Crippen LogP contribution is -2.27. The number of rotatable bonds is 2. The van der Waals surface area contributed by atoms with Gasteiger partial charge in [-0.05, 0) is 6.92 Å². The van der Waals surface area contributed by atoms with Gasteiger partial charge in [-0.2, -0.15) is 0 Å². The Bertz CT molecular complexity index is 191. The van der Waals surface area contributed by atoms with Crippen molar-refractivity contribution < 1.29 is 14.3 Å². The number of Topliss-reactive ketones (excluding diaryl/α,β-unsaturated/α-hetero) is 1. The minimum Gasteiger partial charge on any atom is -0.465 e. The normalized spacial score (nSPS) is 23.8. The fourth-order valence-electron chi connectivity index (χ4n) is 1.07. The van der Waals surface area contributed by atoms with E-state index in [2.05, 4.69) is 0 Å². The van der Waals surface area contributed by atoms with Gasteiger partial charge in [-0.3, -0.25) is 9.59 Å². The van der Waals surface area contributed by atoms with Crippen LogP contribution in [0.15, 0.2) is 0 Å². The highest BCUT2D eigenvalue weighted by Gasteiger charge is 2.27. The average molecular weight is 188 g/mol. The Labute approximate surface area is 75.8 Å². The number of carbonyl (C=O) groups excluding carboxylic acids is 2. The zero-order valence-corrected chi connectivity index (χ0v) is 7.86. The second-order valence-electron chi connectivity index (χ2n) is 2.60.